The molecule has 0 bridgehead atoms. The monoisotopic (exact) mass is 223 g/mol. The maximum Gasteiger partial charge on any atom is 0.328 e. The van der Waals surface area contributed by atoms with Gasteiger partial charge >= 0.3 is 5.97 Å². The zero-order valence-electron chi connectivity index (χ0n) is 7.98. The first kappa shape index (κ1) is 10.2. The first-order valence-corrected chi connectivity index (χ1v) is 5.18. The number of aliphatic imine (C=N–C) groups is 1. The van der Waals surface area contributed by atoms with Gasteiger partial charge in [-0.05, 0) is 22.8 Å². The van der Waals surface area contributed by atoms with E-state index in [2.05, 4.69) is 4.99 Å². The predicted molar refractivity (Wildman–Crippen MR) is 58.7 cm³/mol. The van der Waals surface area contributed by atoms with Crippen molar-refractivity contribution in [3.63, 3.8) is 0 Å². The quantitative estimate of drug-likeness (QED) is 0.778. The fourth-order valence-corrected chi connectivity index (χ4v) is 1.78. The summed E-state index contributed by atoms with van der Waals surface area (Å²) in [7, 11) is 0. The zero-order valence-corrected chi connectivity index (χ0v) is 8.74. The number of benzene rings is 1. The number of rotatable bonds is 2. The van der Waals surface area contributed by atoms with Crippen molar-refractivity contribution >= 4 is 23.8 Å². The molecular formula is C11H10ClNO2. The molecule has 1 atom stereocenters. The van der Waals surface area contributed by atoms with Crippen molar-refractivity contribution in [1.82, 2.24) is 0 Å². The topological polar surface area (TPSA) is 49.7 Å². The molecule has 0 fully saturated rings. The van der Waals surface area contributed by atoms with E-state index in [0.717, 1.165) is 16.7 Å². The van der Waals surface area contributed by atoms with Gasteiger partial charge in [0.15, 0.2) is 6.04 Å². The molecule has 15 heavy (non-hydrogen) atoms. The van der Waals surface area contributed by atoms with Crippen LogP contribution in [-0.2, 0) is 17.1 Å². The molecule has 0 aromatic heterocycles. The third kappa shape index (κ3) is 2.02. The van der Waals surface area contributed by atoms with Crippen molar-refractivity contribution in [3.8, 4) is 0 Å². The molecule has 1 aromatic carbocycles. The van der Waals surface area contributed by atoms with Crippen LogP contribution in [0, 0.1) is 0 Å². The van der Waals surface area contributed by atoms with Crippen LogP contribution in [0.3, 0.4) is 0 Å². The van der Waals surface area contributed by atoms with E-state index < -0.39 is 12.0 Å². The van der Waals surface area contributed by atoms with Crippen molar-refractivity contribution in [3.05, 3.63) is 34.9 Å². The Labute approximate surface area is 92.4 Å². The van der Waals surface area contributed by atoms with E-state index in [1.54, 1.807) is 6.21 Å². The fourth-order valence-electron chi connectivity index (χ4n) is 1.62. The summed E-state index contributed by atoms with van der Waals surface area (Å²) in [6.07, 6.45) is 2.08. The molecule has 4 heteroatoms. The molecule has 0 radical (unpaired) electrons. The molecule has 78 valence electrons. The van der Waals surface area contributed by atoms with Crippen LogP contribution in [0.25, 0.3) is 0 Å². The van der Waals surface area contributed by atoms with Crippen molar-refractivity contribution < 1.29 is 9.90 Å². The number of carbonyl (C=O) groups is 1. The second-order valence-corrected chi connectivity index (χ2v) is 3.77. The summed E-state index contributed by atoms with van der Waals surface area (Å²) in [5.74, 6) is -0.415. The highest BCUT2D eigenvalue weighted by Gasteiger charge is 2.20. The smallest absolute Gasteiger partial charge is 0.328 e. The Bertz CT molecular complexity index is 429. The molecule has 0 unspecified atom stereocenters. The summed E-state index contributed by atoms with van der Waals surface area (Å²) in [6.45, 7) is 0. The van der Waals surface area contributed by atoms with E-state index in [4.69, 9.17) is 16.7 Å². The highest BCUT2D eigenvalue weighted by Crippen LogP contribution is 2.18. The number of carboxylic acid groups (broad SMARTS) is 1. The Hall–Kier alpha value is -1.35. The van der Waals surface area contributed by atoms with E-state index in [9.17, 15) is 4.79 Å². The average Bonchev–Trinajstić information content (AvgIpc) is 2.27. The lowest BCUT2D eigenvalue weighted by molar-refractivity contribution is -0.138. The average molecular weight is 224 g/mol. The summed E-state index contributed by atoms with van der Waals surface area (Å²) < 4.78 is 0. The number of alkyl halides is 1. The van der Waals surface area contributed by atoms with Crippen LogP contribution in [0.15, 0.2) is 23.2 Å². The molecule has 1 aliphatic rings. The standard InChI is InChI=1S/C11H10ClNO2/c12-5-7-1-2-8-4-10(11(14)15)13-6-9(8)3-7/h1-3,6,10H,4-5H2,(H,14,15)/t10-/m1/s1. The molecule has 2 rings (SSSR count). The largest absolute Gasteiger partial charge is 0.480 e. The number of fused-ring (bicyclic) bond motifs is 1. The Kier molecular flexibility index (Phi) is 2.73. The first-order chi connectivity index (χ1) is 7.20. The van der Waals surface area contributed by atoms with Gasteiger partial charge in [0.2, 0.25) is 0 Å². The van der Waals surface area contributed by atoms with Gasteiger partial charge in [-0.2, -0.15) is 0 Å². The van der Waals surface area contributed by atoms with Crippen LogP contribution in [0.1, 0.15) is 16.7 Å². The third-order valence-electron chi connectivity index (χ3n) is 2.46. The zero-order chi connectivity index (χ0) is 10.8. The normalized spacial score (nSPS) is 18.6. The van der Waals surface area contributed by atoms with Gasteiger partial charge in [-0.25, -0.2) is 4.79 Å². The summed E-state index contributed by atoms with van der Waals surface area (Å²) in [4.78, 5) is 14.7. The molecule has 1 heterocycles. The molecule has 0 aliphatic carbocycles. The van der Waals surface area contributed by atoms with Crippen molar-refractivity contribution in [1.29, 1.82) is 0 Å². The molecule has 3 nitrogen and oxygen atoms in total. The van der Waals surface area contributed by atoms with Crippen LogP contribution in [-0.4, -0.2) is 23.3 Å². The van der Waals surface area contributed by atoms with Crippen molar-refractivity contribution in [2.45, 2.75) is 18.3 Å². The minimum Gasteiger partial charge on any atom is -0.480 e. The van der Waals surface area contributed by atoms with Crippen LogP contribution < -0.4 is 0 Å². The van der Waals surface area contributed by atoms with E-state index in [0.29, 0.717) is 12.3 Å². The molecule has 1 N–H and O–H groups in total. The van der Waals surface area contributed by atoms with E-state index in [1.165, 1.54) is 0 Å². The lowest BCUT2D eigenvalue weighted by Crippen LogP contribution is -2.24. The minimum atomic E-state index is -0.877. The number of halogens is 1. The Balaban J connectivity index is 2.32. The second kappa shape index (κ2) is 4.03. The molecular weight excluding hydrogens is 214 g/mol. The molecule has 0 amide bonds. The lowest BCUT2D eigenvalue weighted by Gasteiger charge is -2.15. The third-order valence-corrected chi connectivity index (χ3v) is 2.77. The molecule has 0 saturated heterocycles. The summed E-state index contributed by atoms with van der Waals surface area (Å²) in [6, 6.07) is 5.15. The molecule has 0 spiro atoms. The number of hydrogen-bond donors (Lipinski definition) is 1. The van der Waals surface area contributed by atoms with Crippen LogP contribution >= 0.6 is 11.6 Å². The van der Waals surface area contributed by atoms with Gasteiger partial charge in [0.05, 0.1) is 0 Å². The summed E-state index contributed by atoms with van der Waals surface area (Å²) >= 11 is 5.71. The number of aliphatic carboxylic acids is 1. The van der Waals surface area contributed by atoms with Gasteiger partial charge in [0.25, 0.3) is 0 Å². The summed E-state index contributed by atoms with van der Waals surface area (Å²) in [5.41, 5.74) is 3.02. The van der Waals surface area contributed by atoms with Gasteiger partial charge in [-0.1, -0.05) is 12.1 Å². The van der Waals surface area contributed by atoms with E-state index in [1.807, 2.05) is 18.2 Å². The fraction of sp³-hybridized carbons (Fsp3) is 0.273. The number of nitrogens with zero attached hydrogens (tertiary/aromatic N) is 1. The lowest BCUT2D eigenvalue weighted by atomic mass is 9.96. The van der Waals surface area contributed by atoms with Gasteiger partial charge in [0, 0.05) is 18.5 Å². The van der Waals surface area contributed by atoms with Crippen LogP contribution in [0.2, 0.25) is 0 Å². The Morgan fingerprint density at radius 3 is 3.07 bits per heavy atom. The van der Waals surface area contributed by atoms with Gasteiger partial charge < -0.3 is 5.11 Å². The van der Waals surface area contributed by atoms with Gasteiger partial charge in [-0.3, -0.25) is 4.99 Å². The Morgan fingerprint density at radius 2 is 2.40 bits per heavy atom. The maximum absolute atomic E-state index is 10.8. The van der Waals surface area contributed by atoms with Crippen LogP contribution in [0.4, 0.5) is 0 Å². The maximum atomic E-state index is 10.8. The van der Waals surface area contributed by atoms with E-state index >= 15 is 0 Å². The number of carboxylic acids is 1. The SMILES string of the molecule is O=C(O)[C@H]1Cc2ccc(CCl)cc2C=N1. The molecule has 1 aromatic rings. The van der Waals surface area contributed by atoms with Crippen molar-refractivity contribution in [2.24, 2.45) is 4.99 Å². The highest BCUT2D eigenvalue weighted by atomic mass is 35.5. The van der Waals surface area contributed by atoms with Gasteiger partial charge in [-0.15, -0.1) is 11.6 Å². The summed E-state index contributed by atoms with van der Waals surface area (Å²) in [5, 5.41) is 8.83. The second-order valence-electron chi connectivity index (χ2n) is 3.50. The number of hydrogen-bond acceptors (Lipinski definition) is 2. The molecule has 0 saturated carbocycles. The minimum absolute atomic E-state index is 0.462. The first-order valence-electron chi connectivity index (χ1n) is 4.64. The van der Waals surface area contributed by atoms with Crippen molar-refractivity contribution in [2.75, 3.05) is 0 Å². The van der Waals surface area contributed by atoms with E-state index in [-0.39, 0.29) is 0 Å². The van der Waals surface area contributed by atoms with Gasteiger partial charge in [0.1, 0.15) is 0 Å². The predicted octanol–water partition coefficient (Wildman–Crippen LogP) is 1.85. The Morgan fingerprint density at radius 1 is 1.60 bits per heavy atom. The molecule has 1 aliphatic heterocycles. The highest BCUT2D eigenvalue weighted by molar-refractivity contribution is 6.17. The van der Waals surface area contributed by atoms with Crippen LogP contribution in [0.5, 0.6) is 0 Å².